The SMILES string of the molecule is CS(=O)(=O)c1cn[nH]c1CC1CCCN(C(=O)C2(Cc3ccccc3F)CCOCC2)C1. The summed E-state index contributed by atoms with van der Waals surface area (Å²) in [7, 11) is -3.36. The lowest BCUT2D eigenvalue weighted by Gasteiger charge is -2.42. The van der Waals surface area contributed by atoms with Crippen LogP contribution in [-0.4, -0.2) is 62.0 Å². The Morgan fingerprint density at radius 1 is 1.31 bits per heavy atom. The number of benzene rings is 1. The van der Waals surface area contributed by atoms with Crippen LogP contribution >= 0.6 is 0 Å². The van der Waals surface area contributed by atoms with E-state index < -0.39 is 15.3 Å². The number of nitrogens with one attached hydrogen (secondary N) is 1. The van der Waals surface area contributed by atoms with Crippen molar-refractivity contribution in [2.75, 3.05) is 32.6 Å². The summed E-state index contributed by atoms with van der Waals surface area (Å²) in [4.78, 5) is 15.9. The standard InChI is InChI=1S/C23H30FN3O4S/c1-32(29,30)21-15-25-26-20(21)13-17-5-4-10-27(16-17)22(28)23(8-11-31-12-9-23)14-18-6-2-3-7-19(18)24/h2-3,6-7,15,17H,4-5,8-14,16H2,1H3,(H,25,26). The summed E-state index contributed by atoms with van der Waals surface area (Å²) in [5.74, 6) is -0.0871. The lowest BCUT2D eigenvalue weighted by atomic mass is 9.73. The molecule has 1 amide bonds. The van der Waals surface area contributed by atoms with Gasteiger partial charge >= 0.3 is 0 Å². The van der Waals surface area contributed by atoms with Crippen molar-refractivity contribution in [2.24, 2.45) is 11.3 Å². The number of aromatic amines is 1. The van der Waals surface area contributed by atoms with Crippen LogP contribution in [0.4, 0.5) is 4.39 Å². The van der Waals surface area contributed by atoms with Crippen LogP contribution in [0.2, 0.25) is 0 Å². The van der Waals surface area contributed by atoms with E-state index in [0.29, 0.717) is 63.2 Å². The first-order valence-electron chi connectivity index (χ1n) is 11.1. The van der Waals surface area contributed by atoms with Crippen LogP contribution in [0.25, 0.3) is 0 Å². The number of aromatic nitrogens is 2. The number of nitrogens with zero attached hydrogens (tertiary/aromatic N) is 2. The number of rotatable bonds is 6. The molecule has 4 rings (SSSR count). The maximum Gasteiger partial charge on any atom is 0.229 e. The van der Waals surface area contributed by atoms with Gasteiger partial charge in [-0.1, -0.05) is 18.2 Å². The van der Waals surface area contributed by atoms with Gasteiger partial charge in [-0.2, -0.15) is 5.10 Å². The molecule has 174 valence electrons. The Kier molecular flexibility index (Phi) is 6.67. The Morgan fingerprint density at radius 2 is 2.06 bits per heavy atom. The van der Waals surface area contributed by atoms with Crippen molar-refractivity contribution in [1.29, 1.82) is 0 Å². The molecule has 1 N–H and O–H groups in total. The molecule has 2 aliphatic rings. The Hall–Kier alpha value is -2.26. The second-order valence-corrected chi connectivity index (χ2v) is 11.1. The van der Waals surface area contributed by atoms with Crippen molar-refractivity contribution < 1.29 is 22.3 Å². The number of H-pyrrole nitrogens is 1. The predicted octanol–water partition coefficient (Wildman–Crippen LogP) is 2.77. The smallest absolute Gasteiger partial charge is 0.229 e. The van der Waals surface area contributed by atoms with Crippen molar-refractivity contribution in [3.8, 4) is 0 Å². The van der Waals surface area contributed by atoms with E-state index in [1.54, 1.807) is 18.2 Å². The number of halogens is 1. The first-order valence-corrected chi connectivity index (χ1v) is 13.0. The highest BCUT2D eigenvalue weighted by Gasteiger charge is 2.44. The van der Waals surface area contributed by atoms with Crippen molar-refractivity contribution in [2.45, 2.75) is 43.4 Å². The van der Waals surface area contributed by atoms with Gasteiger partial charge in [0.15, 0.2) is 9.84 Å². The van der Waals surface area contributed by atoms with Crippen LogP contribution in [0.15, 0.2) is 35.4 Å². The summed E-state index contributed by atoms with van der Waals surface area (Å²) in [6, 6.07) is 6.65. The lowest BCUT2D eigenvalue weighted by molar-refractivity contribution is -0.150. The summed E-state index contributed by atoms with van der Waals surface area (Å²) >= 11 is 0. The topological polar surface area (TPSA) is 92.4 Å². The average molecular weight is 464 g/mol. The van der Waals surface area contributed by atoms with Gasteiger partial charge in [-0.05, 0) is 56.1 Å². The Bertz CT molecular complexity index is 1060. The summed E-state index contributed by atoms with van der Waals surface area (Å²) in [6.45, 7) is 2.20. The van der Waals surface area contributed by atoms with Crippen molar-refractivity contribution in [1.82, 2.24) is 15.1 Å². The Labute approximate surface area is 188 Å². The van der Waals surface area contributed by atoms with Gasteiger partial charge in [0.1, 0.15) is 10.7 Å². The number of piperidine rings is 1. The Balaban J connectivity index is 1.52. The van der Waals surface area contributed by atoms with Crippen LogP contribution in [-0.2, 0) is 32.2 Å². The molecule has 0 spiro atoms. The minimum atomic E-state index is -3.36. The third-order valence-corrected chi connectivity index (χ3v) is 7.92. The molecule has 2 aromatic rings. The van der Waals surface area contributed by atoms with E-state index in [0.717, 1.165) is 12.8 Å². The molecule has 2 saturated heterocycles. The third-order valence-electron chi connectivity index (χ3n) is 6.77. The van der Waals surface area contributed by atoms with E-state index in [2.05, 4.69) is 10.2 Å². The van der Waals surface area contributed by atoms with Crippen molar-refractivity contribution >= 4 is 15.7 Å². The van der Waals surface area contributed by atoms with E-state index in [4.69, 9.17) is 4.74 Å². The fourth-order valence-corrected chi connectivity index (χ4v) is 5.86. The number of ether oxygens (including phenoxy) is 1. The summed E-state index contributed by atoms with van der Waals surface area (Å²) in [6.07, 6.45) is 6.32. The molecule has 2 fully saturated rings. The van der Waals surface area contributed by atoms with Crippen LogP contribution in [0, 0.1) is 17.2 Å². The van der Waals surface area contributed by atoms with E-state index in [9.17, 15) is 17.6 Å². The zero-order valence-corrected chi connectivity index (χ0v) is 19.2. The lowest BCUT2D eigenvalue weighted by Crippen LogP contribution is -2.51. The molecule has 0 bridgehead atoms. The molecular weight excluding hydrogens is 433 g/mol. The molecule has 1 aromatic carbocycles. The van der Waals surface area contributed by atoms with Gasteiger partial charge in [-0.15, -0.1) is 0 Å². The highest BCUT2D eigenvalue weighted by Crippen LogP contribution is 2.38. The maximum atomic E-state index is 14.4. The minimum absolute atomic E-state index is 0.0571. The van der Waals surface area contributed by atoms with E-state index in [-0.39, 0.29) is 22.5 Å². The second kappa shape index (κ2) is 9.31. The predicted molar refractivity (Wildman–Crippen MR) is 117 cm³/mol. The molecule has 2 aliphatic heterocycles. The van der Waals surface area contributed by atoms with E-state index in [1.165, 1.54) is 18.5 Å². The molecular formula is C23H30FN3O4S. The fourth-order valence-electron chi connectivity index (χ4n) is 5.04. The molecule has 0 saturated carbocycles. The number of sulfone groups is 1. The van der Waals surface area contributed by atoms with E-state index >= 15 is 0 Å². The summed E-state index contributed by atoms with van der Waals surface area (Å²) < 4.78 is 44.0. The zero-order valence-electron chi connectivity index (χ0n) is 18.3. The molecule has 0 aliphatic carbocycles. The quantitative estimate of drug-likeness (QED) is 0.711. The number of likely N-dealkylation sites (tertiary alicyclic amines) is 1. The van der Waals surface area contributed by atoms with Gasteiger partial charge in [-0.3, -0.25) is 9.89 Å². The number of carbonyl (C=O) groups excluding carboxylic acids is 1. The van der Waals surface area contributed by atoms with Gasteiger partial charge < -0.3 is 9.64 Å². The third kappa shape index (κ3) is 4.88. The highest BCUT2D eigenvalue weighted by atomic mass is 32.2. The molecule has 32 heavy (non-hydrogen) atoms. The van der Waals surface area contributed by atoms with Gasteiger partial charge in [0.25, 0.3) is 0 Å². The highest BCUT2D eigenvalue weighted by molar-refractivity contribution is 7.90. The molecule has 1 atom stereocenters. The number of hydrogen-bond acceptors (Lipinski definition) is 5. The molecule has 7 nitrogen and oxygen atoms in total. The average Bonchev–Trinajstić information content (AvgIpc) is 3.24. The zero-order chi connectivity index (χ0) is 22.8. The number of amides is 1. The van der Waals surface area contributed by atoms with Gasteiger partial charge in [-0.25, -0.2) is 12.8 Å². The van der Waals surface area contributed by atoms with Crippen LogP contribution in [0.5, 0.6) is 0 Å². The largest absolute Gasteiger partial charge is 0.381 e. The molecule has 1 unspecified atom stereocenters. The van der Waals surface area contributed by atoms with Crippen LogP contribution in [0.1, 0.15) is 36.9 Å². The minimum Gasteiger partial charge on any atom is -0.381 e. The van der Waals surface area contributed by atoms with Gasteiger partial charge in [0, 0.05) is 32.6 Å². The first kappa shape index (κ1) is 22.9. The normalized spacial score (nSPS) is 21.4. The van der Waals surface area contributed by atoms with E-state index in [1.807, 2.05) is 4.90 Å². The number of carbonyl (C=O) groups is 1. The maximum absolute atomic E-state index is 14.4. The summed E-state index contributed by atoms with van der Waals surface area (Å²) in [5.41, 5.74) is 0.485. The summed E-state index contributed by atoms with van der Waals surface area (Å²) in [5, 5.41) is 6.74. The number of hydrogen-bond donors (Lipinski definition) is 1. The van der Waals surface area contributed by atoms with Gasteiger partial charge in [0.2, 0.25) is 5.91 Å². The van der Waals surface area contributed by atoms with Crippen molar-refractivity contribution in [3.05, 3.63) is 47.5 Å². The molecule has 0 radical (unpaired) electrons. The van der Waals surface area contributed by atoms with Crippen LogP contribution in [0.3, 0.4) is 0 Å². The Morgan fingerprint density at radius 3 is 2.78 bits per heavy atom. The van der Waals surface area contributed by atoms with Gasteiger partial charge in [0.05, 0.1) is 17.3 Å². The molecule has 9 heteroatoms. The fraction of sp³-hybridized carbons (Fsp3) is 0.565. The second-order valence-electron chi connectivity index (χ2n) is 9.11. The van der Waals surface area contributed by atoms with Crippen LogP contribution < -0.4 is 0 Å². The van der Waals surface area contributed by atoms with Crippen molar-refractivity contribution in [3.63, 3.8) is 0 Å². The first-order chi connectivity index (χ1) is 15.3. The monoisotopic (exact) mass is 463 g/mol. The molecule has 1 aromatic heterocycles. The molecule has 3 heterocycles.